The van der Waals surface area contributed by atoms with Gasteiger partial charge in [0, 0.05) is 18.7 Å². The molecule has 0 unspecified atom stereocenters. The number of aromatic amines is 1. The molecule has 0 bridgehead atoms. The van der Waals surface area contributed by atoms with Crippen LogP contribution in [0.25, 0.3) is 11.2 Å². The molecule has 0 saturated carbocycles. The molecule has 3 aromatic rings. The maximum atomic E-state index is 12.0. The number of aromatic carboxylic acids is 1. The quantitative estimate of drug-likeness (QED) is 0.637. The molecular weight excluding hydrogens is 314 g/mol. The number of rotatable bonds is 5. The Morgan fingerprint density at radius 1 is 1.21 bits per heavy atom. The van der Waals surface area contributed by atoms with Gasteiger partial charge in [0.1, 0.15) is 0 Å². The summed E-state index contributed by atoms with van der Waals surface area (Å²) in [5.41, 5.74) is 0.964. The number of nitrogens with zero attached hydrogens (tertiary/aromatic N) is 3. The molecule has 0 aliphatic rings. The number of aryl methyl sites for hydroxylation is 1. The number of carbonyl (C=O) groups is 2. The molecule has 0 radical (unpaired) electrons. The number of benzene rings is 1. The van der Waals surface area contributed by atoms with Crippen LogP contribution in [0.1, 0.15) is 16.8 Å². The minimum absolute atomic E-state index is 0.125. The summed E-state index contributed by atoms with van der Waals surface area (Å²) in [6.45, 7) is 0.268. The molecule has 2 heterocycles. The molecule has 1 aromatic carbocycles. The van der Waals surface area contributed by atoms with Crippen molar-refractivity contribution in [3.8, 4) is 0 Å². The average Bonchev–Trinajstić information content (AvgIpc) is 2.98. The van der Waals surface area contributed by atoms with E-state index in [1.165, 1.54) is 36.9 Å². The van der Waals surface area contributed by atoms with Crippen molar-refractivity contribution in [3.05, 3.63) is 52.8 Å². The van der Waals surface area contributed by atoms with E-state index >= 15 is 0 Å². The average molecular weight is 327 g/mol. The van der Waals surface area contributed by atoms with Gasteiger partial charge < -0.3 is 20.0 Å². The van der Waals surface area contributed by atoms with E-state index < -0.39 is 5.97 Å². The zero-order chi connectivity index (χ0) is 17.1. The number of carboxylic acid groups (broad SMARTS) is 1. The van der Waals surface area contributed by atoms with Gasteiger partial charge in [0.05, 0.1) is 18.2 Å². The highest BCUT2D eigenvalue weighted by Crippen LogP contribution is 2.11. The number of amides is 1. The first-order valence-corrected chi connectivity index (χ1v) is 7.06. The molecule has 9 heteroatoms. The predicted molar refractivity (Wildman–Crippen MR) is 84.8 cm³/mol. The summed E-state index contributed by atoms with van der Waals surface area (Å²) in [5.74, 6) is -1.29. The fraction of sp³-hybridized carbons (Fsp3) is 0.133. The number of fused-ring (bicyclic) bond motifs is 1. The summed E-state index contributed by atoms with van der Waals surface area (Å²) < 4.78 is 1.56. The minimum Gasteiger partial charge on any atom is -0.478 e. The van der Waals surface area contributed by atoms with Crippen LogP contribution in [0.15, 0.2) is 41.7 Å². The van der Waals surface area contributed by atoms with E-state index in [4.69, 9.17) is 5.11 Å². The van der Waals surface area contributed by atoms with Crippen LogP contribution in [0.4, 0.5) is 5.69 Å². The summed E-state index contributed by atoms with van der Waals surface area (Å²) in [6, 6.07) is 5.85. The Morgan fingerprint density at radius 2 is 1.96 bits per heavy atom. The molecule has 0 aliphatic carbocycles. The van der Waals surface area contributed by atoms with Crippen LogP contribution in [0, 0.1) is 0 Å². The molecule has 3 N–H and O–H groups in total. The molecule has 0 fully saturated rings. The Bertz CT molecular complexity index is 958. The molecule has 122 valence electrons. The Morgan fingerprint density at radius 3 is 2.67 bits per heavy atom. The van der Waals surface area contributed by atoms with Gasteiger partial charge in [-0.25, -0.2) is 14.8 Å². The summed E-state index contributed by atoms with van der Waals surface area (Å²) in [6.07, 6.45) is 2.86. The third-order valence-corrected chi connectivity index (χ3v) is 3.41. The number of carbonyl (C=O) groups excluding carboxylic acids is 1. The van der Waals surface area contributed by atoms with E-state index in [0.29, 0.717) is 16.9 Å². The summed E-state index contributed by atoms with van der Waals surface area (Å²) in [7, 11) is 0. The highest BCUT2D eigenvalue weighted by molar-refractivity contribution is 5.92. The van der Waals surface area contributed by atoms with Crippen molar-refractivity contribution < 1.29 is 14.7 Å². The third kappa shape index (κ3) is 3.14. The third-order valence-electron chi connectivity index (χ3n) is 3.41. The molecule has 3 rings (SSSR count). The van der Waals surface area contributed by atoms with E-state index in [0.717, 1.165) is 0 Å². The number of nitrogens with one attached hydrogen (secondary N) is 2. The SMILES string of the molecule is O=C(CCn1cnc2nc[nH]c(=O)c21)Nc1ccc(C(=O)O)cc1. The van der Waals surface area contributed by atoms with E-state index in [1.54, 1.807) is 4.57 Å². The van der Waals surface area contributed by atoms with Gasteiger partial charge in [0.25, 0.3) is 5.56 Å². The lowest BCUT2D eigenvalue weighted by Gasteiger charge is -2.06. The fourth-order valence-electron chi connectivity index (χ4n) is 2.23. The summed E-state index contributed by atoms with van der Waals surface area (Å²) in [5, 5.41) is 11.5. The van der Waals surface area contributed by atoms with Crippen molar-refractivity contribution in [2.75, 3.05) is 5.32 Å². The lowest BCUT2D eigenvalue weighted by Crippen LogP contribution is -2.16. The van der Waals surface area contributed by atoms with Crippen LogP contribution in [-0.4, -0.2) is 36.5 Å². The number of hydrogen-bond donors (Lipinski definition) is 3. The van der Waals surface area contributed by atoms with Crippen LogP contribution < -0.4 is 10.9 Å². The standard InChI is InChI=1S/C15H13N5O4/c21-11(19-10-3-1-9(2-4-10)15(23)24)5-6-20-8-18-13-12(20)14(22)17-7-16-13/h1-4,7-8H,5-6H2,(H,19,21)(H,23,24)(H,16,17,22). The van der Waals surface area contributed by atoms with Crippen LogP contribution >= 0.6 is 0 Å². The second kappa shape index (κ2) is 6.32. The van der Waals surface area contributed by atoms with Crippen LogP contribution in [0.3, 0.4) is 0 Å². The van der Waals surface area contributed by atoms with Crippen molar-refractivity contribution in [2.24, 2.45) is 0 Å². The number of H-pyrrole nitrogens is 1. The first kappa shape index (κ1) is 15.4. The predicted octanol–water partition coefficient (Wildman–Crippen LogP) is 0.847. The second-order valence-electron chi connectivity index (χ2n) is 5.02. The Hall–Kier alpha value is -3.49. The summed E-state index contributed by atoms with van der Waals surface area (Å²) >= 11 is 0. The van der Waals surface area contributed by atoms with E-state index in [1.807, 2.05) is 0 Å². The Balaban J connectivity index is 1.65. The van der Waals surface area contributed by atoms with E-state index in [9.17, 15) is 14.4 Å². The molecule has 24 heavy (non-hydrogen) atoms. The molecule has 0 aliphatic heterocycles. The lowest BCUT2D eigenvalue weighted by atomic mass is 10.2. The van der Waals surface area contributed by atoms with Crippen molar-refractivity contribution in [2.45, 2.75) is 13.0 Å². The van der Waals surface area contributed by atoms with Gasteiger partial charge in [0.2, 0.25) is 5.91 Å². The Labute approximate surface area is 135 Å². The molecule has 1 amide bonds. The number of carboxylic acids is 1. The van der Waals surface area contributed by atoms with Gasteiger partial charge in [-0.2, -0.15) is 0 Å². The molecular formula is C15H13N5O4. The van der Waals surface area contributed by atoms with Crippen molar-refractivity contribution in [3.63, 3.8) is 0 Å². The van der Waals surface area contributed by atoms with Gasteiger partial charge in [-0.05, 0) is 24.3 Å². The minimum atomic E-state index is -1.03. The summed E-state index contributed by atoms with van der Waals surface area (Å²) in [4.78, 5) is 45.0. The van der Waals surface area contributed by atoms with E-state index in [-0.39, 0.29) is 30.0 Å². The molecule has 0 saturated heterocycles. The largest absolute Gasteiger partial charge is 0.478 e. The van der Waals surface area contributed by atoms with Gasteiger partial charge in [0.15, 0.2) is 11.2 Å². The maximum Gasteiger partial charge on any atom is 0.335 e. The van der Waals surface area contributed by atoms with Gasteiger partial charge >= 0.3 is 5.97 Å². The molecule has 0 atom stereocenters. The molecule has 2 aromatic heterocycles. The van der Waals surface area contributed by atoms with Crippen LogP contribution in [-0.2, 0) is 11.3 Å². The van der Waals surface area contributed by atoms with E-state index in [2.05, 4.69) is 20.3 Å². The topological polar surface area (TPSA) is 130 Å². The zero-order valence-corrected chi connectivity index (χ0v) is 12.4. The molecule has 0 spiro atoms. The van der Waals surface area contributed by atoms with Gasteiger partial charge in [-0.1, -0.05) is 0 Å². The Kier molecular flexibility index (Phi) is 4.06. The first-order valence-electron chi connectivity index (χ1n) is 7.06. The smallest absolute Gasteiger partial charge is 0.335 e. The molecule has 9 nitrogen and oxygen atoms in total. The number of aromatic nitrogens is 4. The monoisotopic (exact) mass is 327 g/mol. The fourth-order valence-corrected chi connectivity index (χ4v) is 2.23. The van der Waals surface area contributed by atoms with Gasteiger partial charge in [-0.15, -0.1) is 0 Å². The number of imidazole rings is 1. The number of anilines is 1. The van der Waals surface area contributed by atoms with Crippen molar-refractivity contribution in [1.82, 2.24) is 19.5 Å². The number of hydrogen-bond acceptors (Lipinski definition) is 5. The van der Waals surface area contributed by atoms with Crippen molar-refractivity contribution >= 4 is 28.7 Å². The van der Waals surface area contributed by atoms with Crippen molar-refractivity contribution in [1.29, 1.82) is 0 Å². The van der Waals surface area contributed by atoms with Crippen LogP contribution in [0.2, 0.25) is 0 Å². The zero-order valence-electron chi connectivity index (χ0n) is 12.4. The normalized spacial score (nSPS) is 10.7. The highest BCUT2D eigenvalue weighted by atomic mass is 16.4. The lowest BCUT2D eigenvalue weighted by molar-refractivity contribution is -0.116. The van der Waals surface area contributed by atoms with Crippen LogP contribution in [0.5, 0.6) is 0 Å². The highest BCUT2D eigenvalue weighted by Gasteiger charge is 2.10. The first-order chi connectivity index (χ1) is 11.5. The second-order valence-corrected chi connectivity index (χ2v) is 5.02. The van der Waals surface area contributed by atoms with Gasteiger partial charge in [-0.3, -0.25) is 9.59 Å². The maximum absolute atomic E-state index is 12.0.